The molecule has 0 bridgehead atoms. The van der Waals surface area contributed by atoms with Gasteiger partial charge in [-0.3, -0.25) is 0 Å². The van der Waals surface area contributed by atoms with Gasteiger partial charge < -0.3 is 9.15 Å². The average Bonchev–Trinajstić information content (AvgIpc) is 3.31. The Labute approximate surface area is 159 Å². The van der Waals surface area contributed by atoms with Crippen LogP contribution in [0.3, 0.4) is 0 Å². The molecule has 1 fully saturated rings. The maximum atomic E-state index is 14.3. The third-order valence-electron chi connectivity index (χ3n) is 5.42. The van der Waals surface area contributed by atoms with E-state index in [4.69, 9.17) is 9.15 Å². The van der Waals surface area contributed by atoms with Crippen LogP contribution in [0, 0.1) is 18.7 Å². The first kappa shape index (κ1) is 17.8. The van der Waals surface area contributed by atoms with Gasteiger partial charge in [-0.15, -0.1) is 0 Å². The van der Waals surface area contributed by atoms with E-state index >= 15 is 0 Å². The van der Waals surface area contributed by atoms with Crippen LogP contribution in [0.4, 0.5) is 4.39 Å². The first-order valence-corrected chi connectivity index (χ1v) is 9.54. The molecule has 0 saturated heterocycles. The molecule has 3 aromatic rings. The van der Waals surface area contributed by atoms with Crippen LogP contribution < -0.4 is 4.74 Å². The Morgan fingerprint density at radius 1 is 1.15 bits per heavy atom. The van der Waals surface area contributed by atoms with Crippen molar-refractivity contribution in [3.05, 3.63) is 71.7 Å². The number of aromatic nitrogens is 1. The van der Waals surface area contributed by atoms with E-state index in [1.54, 1.807) is 12.3 Å². The number of para-hydroxylation sites is 1. The van der Waals surface area contributed by atoms with Crippen molar-refractivity contribution in [1.29, 1.82) is 0 Å². The molecule has 1 heterocycles. The van der Waals surface area contributed by atoms with Gasteiger partial charge in [-0.05, 0) is 43.9 Å². The van der Waals surface area contributed by atoms with E-state index in [0.29, 0.717) is 29.8 Å². The summed E-state index contributed by atoms with van der Waals surface area (Å²) in [6, 6.07) is 12.6. The predicted molar refractivity (Wildman–Crippen MR) is 103 cm³/mol. The quantitative estimate of drug-likeness (QED) is 0.534. The number of aryl methyl sites for hydroxylation is 1. The summed E-state index contributed by atoms with van der Waals surface area (Å²) in [5.41, 5.74) is 3.06. The molecule has 4 heteroatoms. The number of benzene rings is 2. The van der Waals surface area contributed by atoms with E-state index in [9.17, 15) is 4.39 Å². The number of hydrogen-bond donors (Lipinski definition) is 0. The summed E-state index contributed by atoms with van der Waals surface area (Å²) in [4.78, 5) is 4.63. The Bertz CT molecular complexity index is 934. The van der Waals surface area contributed by atoms with Crippen molar-refractivity contribution in [3.63, 3.8) is 0 Å². The summed E-state index contributed by atoms with van der Waals surface area (Å²) in [5, 5.41) is 0. The second kappa shape index (κ2) is 7.55. The summed E-state index contributed by atoms with van der Waals surface area (Å²) in [7, 11) is 0. The van der Waals surface area contributed by atoms with E-state index < -0.39 is 0 Å². The molecule has 0 aliphatic heterocycles. The summed E-state index contributed by atoms with van der Waals surface area (Å²) in [5.74, 6) is 2.22. The number of oxazole rings is 1. The molecule has 1 aliphatic rings. The van der Waals surface area contributed by atoms with Gasteiger partial charge in [-0.25, -0.2) is 9.37 Å². The lowest BCUT2D eigenvalue weighted by molar-refractivity contribution is 0.302. The number of rotatable bonds is 5. The van der Waals surface area contributed by atoms with Gasteiger partial charge in [0.1, 0.15) is 30.1 Å². The lowest BCUT2D eigenvalue weighted by atomic mass is 9.98. The number of hydrogen-bond acceptors (Lipinski definition) is 3. The van der Waals surface area contributed by atoms with Gasteiger partial charge in [-0.1, -0.05) is 43.2 Å². The highest BCUT2D eigenvalue weighted by atomic mass is 19.1. The fraction of sp³-hybridized carbons (Fsp3) is 0.348. The molecule has 3 nitrogen and oxygen atoms in total. The maximum Gasteiger partial charge on any atom is 0.197 e. The molecule has 0 N–H and O–H groups in total. The number of ether oxygens (including phenoxy) is 1. The largest absolute Gasteiger partial charge is 0.487 e. The molecule has 1 aromatic heterocycles. The van der Waals surface area contributed by atoms with Gasteiger partial charge in [-0.2, -0.15) is 0 Å². The Kier molecular flexibility index (Phi) is 4.97. The summed E-state index contributed by atoms with van der Waals surface area (Å²) in [6.07, 6.45) is 5.28. The molecule has 27 heavy (non-hydrogen) atoms. The minimum Gasteiger partial charge on any atom is -0.487 e. The normalized spacial score (nSPS) is 19.4. The maximum absolute atomic E-state index is 14.3. The van der Waals surface area contributed by atoms with E-state index in [0.717, 1.165) is 29.1 Å². The fourth-order valence-electron chi connectivity index (χ4n) is 3.88. The molecular formula is C23H24FNO2. The monoisotopic (exact) mass is 365 g/mol. The highest BCUT2D eigenvalue weighted by Gasteiger charge is 2.28. The second-order valence-corrected chi connectivity index (χ2v) is 7.46. The molecule has 0 radical (unpaired) electrons. The minimum absolute atomic E-state index is 0.254. The van der Waals surface area contributed by atoms with E-state index in [1.807, 2.05) is 37.3 Å². The van der Waals surface area contributed by atoms with Gasteiger partial charge in [0.25, 0.3) is 0 Å². The fourth-order valence-corrected chi connectivity index (χ4v) is 3.88. The van der Waals surface area contributed by atoms with Gasteiger partial charge in [0, 0.05) is 17.0 Å². The number of halogens is 1. The van der Waals surface area contributed by atoms with Gasteiger partial charge in [0.05, 0.1) is 0 Å². The zero-order valence-electron chi connectivity index (χ0n) is 15.7. The van der Waals surface area contributed by atoms with Crippen LogP contribution in [-0.2, 0) is 6.61 Å². The molecule has 4 rings (SSSR count). The van der Waals surface area contributed by atoms with E-state index in [1.165, 1.54) is 18.9 Å². The van der Waals surface area contributed by atoms with Crippen molar-refractivity contribution >= 4 is 0 Å². The summed E-state index contributed by atoms with van der Waals surface area (Å²) < 4.78 is 26.0. The number of nitrogens with zero attached hydrogens (tertiary/aromatic N) is 1. The zero-order valence-corrected chi connectivity index (χ0v) is 15.7. The second-order valence-electron chi connectivity index (χ2n) is 7.46. The zero-order chi connectivity index (χ0) is 18.8. The van der Waals surface area contributed by atoms with Crippen LogP contribution in [0.5, 0.6) is 5.75 Å². The summed E-state index contributed by atoms with van der Waals surface area (Å²) in [6.45, 7) is 4.51. The highest BCUT2D eigenvalue weighted by Crippen LogP contribution is 2.39. The Hall–Kier alpha value is -2.62. The van der Waals surface area contributed by atoms with Crippen molar-refractivity contribution in [1.82, 2.24) is 4.98 Å². The average molecular weight is 365 g/mol. The van der Waals surface area contributed by atoms with Crippen molar-refractivity contribution in [2.75, 3.05) is 0 Å². The molecule has 1 aliphatic carbocycles. The Morgan fingerprint density at radius 3 is 2.81 bits per heavy atom. The minimum atomic E-state index is -0.254. The van der Waals surface area contributed by atoms with E-state index in [-0.39, 0.29) is 5.82 Å². The van der Waals surface area contributed by atoms with Crippen molar-refractivity contribution in [2.24, 2.45) is 5.92 Å². The Morgan fingerprint density at radius 2 is 2.00 bits per heavy atom. The van der Waals surface area contributed by atoms with Crippen LogP contribution in [0.25, 0.3) is 11.1 Å². The van der Waals surface area contributed by atoms with Gasteiger partial charge >= 0.3 is 0 Å². The third kappa shape index (κ3) is 3.75. The van der Waals surface area contributed by atoms with Crippen LogP contribution in [0.15, 0.2) is 53.1 Å². The first-order valence-electron chi connectivity index (χ1n) is 9.54. The van der Waals surface area contributed by atoms with Crippen LogP contribution in [-0.4, -0.2) is 4.98 Å². The standard InChI is InChI=1S/C23H24FNO2/c1-15-10-11-21(24)20(12-15)19-7-3-4-9-22(19)26-13-17-14-27-23(25-17)18-8-5-6-16(18)2/h3-4,7,9-12,14,16,18H,5-6,8,13H2,1-2H3. The predicted octanol–water partition coefficient (Wildman–Crippen LogP) is 6.27. The smallest absolute Gasteiger partial charge is 0.197 e. The Balaban J connectivity index is 1.53. The van der Waals surface area contributed by atoms with Crippen LogP contribution in [0.2, 0.25) is 0 Å². The van der Waals surface area contributed by atoms with Crippen molar-refractivity contribution < 1.29 is 13.5 Å². The van der Waals surface area contributed by atoms with Crippen LogP contribution in [0.1, 0.15) is 49.3 Å². The van der Waals surface area contributed by atoms with Crippen molar-refractivity contribution in [2.45, 2.75) is 45.6 Å². The third-order valence-corrected chi connectivity index (χ3v) is 5.42. The lowest BCUT2D eigenvalue weighted by Gasteiger charge is -2.12. The molecule has 2 atom stereocenters. The SMILES string of the molecule is Cc1ccc(F)c(-c2ccccc2OCc2coc(C3CCCC3C)n2)c1. The van der Waals surface area contributed by atoms with Gasteiger partial charge in [0.15, 0.2) is 5.89 Å². The van der Waals surface area contributed by atoms with Gasteiger partial charge in [0.2, 0.25) is 0 Å². The first-order chi connectivity index (χ1) is 13.1. The molecule has 0 spiro atoms. The molecule has 0 amide bonds. The van der Waals surface area contributed by atoms with E-state index in [2.05, 4.69) is 11.9 Å². The van der Waals surface area contributed by atoms with Crippen LogP contribution >= 0.6 is 0 Å². The molecule has 2 aromatic carbocycles. The molecular weight excluding hydrogens is 341 g/mol. The molecule has 140 valence electrons. The topological polar surface area (TPSA) is 35.3 Å². The molecule has 2 unspecified atom stereocenters. The lowest BCUT2D eigenvalue weighted by Crippen LogP contribution is -2.03. The highest BCUT2D eigenvalue weighted by molar-refractivity contribution is 5.71. The van der Waals surface area contributed by atoms with Crippen molar-refractivity contribution in [3.8, 4) is 16.9 Å². The summed E-state index contributed by atoms with van der Waals surface area (Å²) >= 11 is 0. The molecule has 1 saturated carbocycles.